The zero-order valence-electron chi connectivity index (χ0n) is 14.2. The van der Waals surface area contributed by atoms with Gasteiger partial charge in [0.15, 0.2) is 0 Å². The van der Waals surface area contributed by atoms with Crippen LogP contribution in [0, 0.1) is 6.92 Å². The minimum absolute atomic E-state index is 0.126. The first kappa shape index (κ1) is 21.1. The molecule has 1 aromatic rings. The number of rotatable bonds is 9. The lowest BCUT2D eigenvalue weighted by atomic mass is 10.0. The Kier molecular flexibility index (Phi) is 8.07. The van der Waals surface area contributed by atoms with E-state index in [9.17, 15) is 25.2 Å². The zero-order valence-corrected chi connectivity index (χ0v) is 14.2. The molecule has 0 spiro atoms. The number of carbonyl (C=O) groups is 1. The molecule has 142 valence electrons. The van der Waals surface area contributed by atoms with Gasteiger partial charge in [0.2, 0.25) is 0 Å². The number of esters is 1. The van der Waals surface area contributed by atoms with Gasteiger partial charge in [0, 0.05) is 6.07 Å². The fourth-order valence-corrected chi connectivity index (χ4v) is 2.16. The third-order valence-electron chi connectivity index (χ3n) is 3.64. The lowest BCUT2D eigenvalue weighted by molar-refractivity contribution is -0.124. The summed E-state index contributed by atoms with van der Waals surface area (Å²) in [4.78, 5) is 12.2. The molecular weight excluding hydrogens is 336 g/mol. The fourth-order valence-electron chi connectivity index (χ4n) is 2.16. The molecule has 0 heterocycles. The van der Waals surface area contributed by atoms with Crippen LogP contribution in [0.3, 0.4) is 0 Å². The van der Waals surface area contributed by atoms with Gasteiger partial charge in [0.05, 0.1) is 20.8 Å². The summed E-state index contributed by atoms with van der Waals surface area (Å²) >= 11 is 0. The van der Waals surface area contributed by atoms with E-state index in [2.05, 4.69) is 0 Å². The van der Waals surface area contributed by atoms with Gasteiger partial charge in [0.1, 0.15) is 48.1 Å². The van der Waals surface area contributed by atoms with Crippen molar-refractivity contribution in [3.05, 3.63) is 23.3 Å². The van der Waals surface area contributed by atoms with Gasteiger partial charge >= 0.3 is 5.97 Å². The normalized spacial score (nSPS) is 15.8. The van der Waals surface area contributed by atoms with Gasteiger partial charge < -0.3 is 39.7 Å². The van der Waals surface area contributed by atoms with Gasteiger partial charge in [-0.25, -0.2) is 4.79 Å². The SMILES string of the molecule is COc1cc(C)c(C(=O)OCC(O)C(O)C(O)C(O)CO)c(OC)c1. The summed E-state index contributed by atoms with van der Waals surface area (Å²) in [6.45, 7) is 0.213. The molecule has 0 aliphatic heterocycles. The molecule has 0 aliphatic rings. The maximum atomic E-state index is 12.2. The molecule has 0 amide bonds. The minimum Gasteiger partial charge on any atom is -0.497 e. The van der Waals surface area contributed by atoms with Gasteiger partial charge in [-0.2, -0.15) is 0 Å². The van der Waals surface area contributed by atoms with Crippen molar-refractivity contribution in [2.45, 2.75) is 31.3 Å². The smallest absolute Gasteiger partial charge is 0.342 e. The molecule has 4 unspecified atom stereocenters. The van der Waals surface area contributed by atoms with Crippen molar-refractivity contribution in [3.63, 3.8) is 0 Å². The van der Waals surface area contributed by atoms with Crippen molar-refractivity contribution in [1.29, 1.82) is 0 Å². The number of aliphatic hydroxyl groups excluding tert-OH is 5. The Bertz CT molecular complexity index is 575. The first-order valence-electron chi connectivity index (χ1n) is 7.49. The summed E-state index contributed by atoms with van der Waals surface area (Å²) in [5.41, 5.74) is 0.646. The highest BCUT2D eigenvalue weighted by Crippen LogP contribution is 2.29. The van der Waals surface area contributed by atoms with Crippen LogP contribution in [-0.2, 0) is 4.74 Å². The molecule has 1 aromatic carbocycles. The van der Waals surface area contributed by atoms with E-state index in [4.69, 9.17) is 19.3 Å². The van der Waals surface area contributed by atoms with Gasteiger partial charge in [-0.3, -0.25) is 0 Å². The lowest BCUT2D eigenvalue weighted by Gasteiger charge is -2.25. The van der Waals surface area contributed by atoms with Gasteiger partial charge in [-0.15, -0.1) is 0 Å². The average Bonchev–Trinajstić information content (AvgIpc) is 2.62. The summed E-state index contributed by atoms with van der Waals surface area (Å²) in [5.74, 6) is -0.101. The topological polar surface area (TPSA) is 146 Å². The second-order valence-corrected chi connectivity index (χ2v) is 5.42. The molecular formula is C16H24O9. The summed E-state index contributed by atoms with van der Waals surface area (Å²) < 4.78 is 15.2. The van der Waals surface area contributed by atoms with Crippen LogP contribution in [0.1, 0.15) is 15.9 Å². The van der Waals surface area contributed by atoms with Crippen LogP contribution in [0.4, 0.5) is 0 Å². The van der Waals surface area contributed by atoms with E-state index in [0.29, 0.717) is 11.3 Å². The number of ether oxygens (including phenoxy) is 3. The third-order valence-corrected chi connectivity index (χ3v) is 3.64. The van der Waals surface area contributed by atoms with Crippen molar-refractivity contribution in [3.8, 4) is 11.5 Å². The molecule has 4 atom stereocenters. The standard InChI is InChI=1S/C16H24O9/c1-8-4-9(23-2)5-12(24-3)13(8)16(22)25-7-11(19)15(21)14(20)10(18)6-17/h4-5,10-11,14-15,17-21H,6-7H2,1-3H3. The summed E-state index contributed by atoms with van der Waals surface area (Å²) in [6.07, 6.45) is -6.90. The van der Waals surface area contributed by atoms with Crippen LogP contribution < -0.4 is 9.47 Å². The molecule has 0 saturated carbocycles. The minimum atomic E-state index is -1.81. The van der Waals surface area contributed by atoms with E-state index < -0.39 is 43.6 Å². The predicted octanol–water partition coefficient (Wildman–Crippen LogP) is -1.40. The summed E-state index contributed by atoms with van der Waals surface area (Å²) in [5, 5.41) is 47.0. The van der Waals surface area contributed by atoms with Crippen LogP contribution in [0.5, 0.6) is 11.5 Å². The Hall–Kier alpha value is -1.91. The highest BCUT2D eigenvalue weighted by atomic mass is 16.5. The largest absolute Gasteiger partial charge is 0.497 e. The first-order chi connectivity index (χ1) is 11.8. The van der Waals surface area contributed by atoms with Crippen LogP contribution in [-0.4, -0.2) is 83.4 Å². The monoisotopic (exact) mass is 360 g/mol. The van der Waals surface area contributed by atoms with Gasteiger partial charge in [-0.05, 0) is 18.6 Å². The van der Waals surface area contributed by atoms with E-state index in [1.807, 2.05) is 0 Å². The summed E-state index contributed by atoms with van der Waals surface area (Å²) in [7, 11) is 2.84. The van der Waals surface area contributed by atoms with Crippen LogP contribution in [0.2, 0.25) is 0 Å². The van der Waals surface area contributed by atoms with Crippen molar-refractivity contribution in [1.82, 2.24) is 0 Å². The Labute approximate surface area is 145 Å². The van der Waals surface area contributed by atoms with E-state index in [0.717, 1.165) is 0 Å². The zero-order chi connectivity index (χ0) is 19.1. The molecule has 9 heteroatoms. The highest BCUT2D eigenvalue weighted by Gasteiger charge is 2.31. The molecule has 9 nitrogen and oxygen atoms in total. The maximum Gasteiger partial charge on any atom is 0.342 e. The Morgan fingerprint density at radius 1 is 1.04 bits per heavy atom. The number of carbonyl (C=O) groups excluding carboxylic acids is 1. The van der Waals surface area contributed by atoms with Crippen LogP contribution >= 0.6 is 0 Å². The van der Waals surface area contributed by atoms with Crippen molar-refractivity contribution >= 4 is 5.97 Å². The van der Waals surface area contributed by atoms with Gasteiger partial charge in [-0.1, -0.05) is 0 Å². The van der Waals surface area contributed by atoms with E-state index in [-0.39, 0.29) is 11.3 Å². The molecule has 0 radical (unpaired) electrons. The molecule has 5 N–H and O–H groups in total. The van der Waals surface area contributed by atoms with E-state index in [1.54, 1.807) is 13.0 Å². The molecule has 25 heavy (non-hydrogen) atoms. The van der Waals surface area contributed by atoms with Gasteiger partial charge in [0.25, 0.3) is 0 Å². The fraction of sp³-hybridized carbons (Fsp3) is 0.562. The molecule has 0 aromatic heterocycles. The number of hydrogen-bond acceptors (Lipinski definition) is 9. The number of aryl methyl sites for hydroxylation is 1. The Morgan fingerprint density at radius 3 is 2.16 bits per heavy atom. The Balaban J connectivity index is 2.80. The molecule has 1 rings (SSSR count). The average molecular weight is 360 g/mol. The van der Waals surface area contributed by atoms with Crippen molar-refractivity contribution in [2.24, 2.45) is 0 Å². The molecule has 0 bridgehead atoms. The number of hydrogen-bond donors (Lipinski definition) is 5. The Morgan fingerprint density at radius 2 is 1.64 bits per heavy atom. The van der Waals surface area contributed by atoms with Crippen molar-refractivity contribution in [2.75, 3.05) is 27.4 Å². The lowest BCUT2D eigenvalue weighted by Crippen LogP contribution is -2.47. The molecule has 0 fully saturated rings. The van der Waals surface area contributed by atoms with Crippen molar-refractivity contribution < 1.29 is 44.5 Å². The number of methoxy groups -OCH3 is 2. The molecule has 0 aliphatic carbocycles. The summed E-state index contributed by atoms with van der Waals surface area (Å²) in [6, 6.07) is 3.10. The third kappa shape index (κ3) is 5.28. The van der Waals surface area contributed by atoms with Crippen LogP contribution in [0.25, 0.3) is 0 Å². The molecule has 0 saturated heterocycles. The number of aliphatic hydroxyl groups is 5. The number of benzene rings is 1. The first-order valence-corrected chi connectivity index (χ1v) is 7.49. The highest BCUT2D eigenvalue weighted by molar-refractivity contribution is 5.94. The quantitative estimate of drug-likeness (QED) is 0.336. The van der Waals surface area contributed by atoms with Crippen LogP contribution in [0.15, 0.2) is 12.1 Å². The van der Waals surface area contributed by atoms with E-state index >= 15 is 0 Å². The second-order valence-electron chi connectivity index (χ2n) is 5.42. The predicted molar refractivity (Wildman–Crippen MR) is 85.7 cm³/mol. The maximum absolute atomic E-state index is 12.2. The second kappa shape index (κ2) is 9.54. The van der Waals surface area contributed by atoms with E-state index in [1.165, 1.54) is 20.3 Å².